The third-order valence-corrected chi connectivity index (χ3v) is 24.7. The molecule has 0 radical (unpaired) electrons. The Morgan fingerprint density at radius 2 is 0.790 bits per heavy atom. The molecule has 8 aliphatic carbocycles. The fourth-order valence-electron chi connectivity index (χ4n) is 16.0. The third-order valence-electron chi connectivity index (χ3n) is 17.9. The summed E-state index contributed by atoms with van der Waals surface area (Å²) in [5, 5.41) is 4.37. The standard InChI is InChI=1S/C60H72P2/c1-41-15-11-13-21-57(41)61(58-22-14-12-16-42(58)2)39-53-31-55(43(3)23-45-17-7-5-8-18-45)56(44(4)24-46-19-9-6-10-20-46)32-54(53)40-62(59-33-47-25-48(34-59)27-49(26-47)35-59)60-36-50-28-51(37-60)30-52(29-50)38-60/h5-22,31-32,43-44,47-52H,23-30,33-40H2,1-4H3. The summed E-state index contributed by atoms with van der Waals surface area (Å²) >= 11 is 0. The van der Waals surface area contributed by atoms with E-state index in [9.17, 15) is 0 Å². The van der Waals surface area contributed by atoms with Gasteiger partial charge in [-0.25, -0.2) is 0 Å². The van der Waals surface area contributed by atoms with E-state index in [1.54, 1.807) is 110 Å². The van der Waals surface area contributed by atoms with Gasteiger partial charge in [-0.2, -0.15) is 0 Å². The van der Waals surface area contributed by atoms with Crippen LogP contribution >= 0.6 is 15.8 Å². The molecule has 8 saturated carbocycles. The summed E-state index contributed by atoms with van der Waals surface area (Å²) < 4.78 is 0. The van der Waals surface area contributed by atoms with Crippen LogP contribution in [0.3, 0.4) is 0 Å². The second-order valence-corrected chi connectivity index (χ2v) is 27.7. The Morgan fingerprint density at radius 3 is 1.16 bits per heavy atom. The van der Waals surface area contributed by atoms with E-state index in [1.807, 2.05) is 0 Å². The highest BCUT2D eigenvalue weighted by atomic mass is 31.1. The van der Waals surface area contributed by atoms with Crippen molar-refractivity contribution in [2.24, 2.45) is 35.5 Å². The summed E-state index contributed by atoms with van der Waals surface area (Å²) in [4.78, 5) is 0. The molecule has 0 heterocycles. The van der Waals surface area contributed by atoms with Crippen LogP contribution in [0.2, 0.25) is 0 Å². The first-order valence-electron chi connectivity index (χ1n) is 25.1. The normalized spacial score (nSPS) is 30.8. The molecule has 0 amide bonds. The first kappa shape index (κ1) is 41.7. The Morgan fingerprint density at radius 1 is 0.452 bits per heavy atom. The number of benzene rings is 5. The molecule has 2 unspecified atom stereocenters. The van der Waals surface area contributed by atoms with Crippen molar-refractivity contribution in [1.29, 1.82) is 0 Å². The van der Waals surface area contributed by atoms with Gasteiger partial charge in [-0.05, 0) is 231 Å². The lowest BCUT2D eigenvalue weighted by Crippen LogP contribution is -2.56. The van der Waals surface area contributed by atoms with Crippen molar-refractivity contribution in [3.8, 4) is 0 Å². The minimum atomic E-state index is -0.601. The average molecular weight is 855 g/mol. The maximum Gasteiger partial charge on any atom is 0.00106 e. The van der Waals surface area contributed by atoms with Crippen LogP contribution in [0, 0.1) is 49.4 Å². The van der Waals surface area contributed by atoms with Crippen molar-refractivity contribution in [3.05, 3.63) is 166 Å². The summed E-state index contributed by atoms with van der Waals surface area (Å²) in [6.07, 6.45) is 23.5. The molecule has 5 aromatic carbocycles. The predicted octanol–water partition coefficient (Wildman–Crippen LogP) is 15.5. The van der Waals surface area contributed by atoms with Crippen molar-refractivity contribution in [1.82, 2.24) is 0 Å². The fourth-order valence-corrected chi connectivity index (χ4v) is 24.0. The summed E-state index contributed by atoms with van der Waals surface area (Å²) in [6.45, 7) is 9.88. The van der Waals surface area contributed by atoms with E-state index < -0.39 is 7.92 Å². The molecular formula is C60H72P2. The lowest BCUT2D eigenvalue weighted by molar-refractivity contribution is 0.0184. The van der Waals surface area contributed by atoms with Crippen LogP contribution in [0.15, 0.2) is 121 Å². The Kier molecular flexibility index (Phi) is 11.5. The molecule has 322 valence electrons. The van der Waals surface area contributed by atoms with Crippen molar-refractivity contribution in [2.45, 2.75) is 152 Å². The van der Waals surface area contributed by atoms with Gasteiger partial charge in [-0.3, -0.25) is 0 Å². The average Bonchev–Trinajstić information content (AvgIpc) is 3.25. The molecule has 13 rings (SSSR count). The zero-order valence-electron chi connectivity index (χ0n) is 38.4. The second kappa shape index (κ2) is 17.1. The highest BCUT2D eigenvalue weighted by Crippen LogP contribution is 2.80. The van der Waals surface area contributed by atoms with E-state index >= 15 is 0 Å². The minimum absolute atomic E-state index is 0.185. The highest BCUT2D eigenvalue weighted by Gasteiger charge is 2.62. The maximum absolute atomic E-state index is 2.92. The maximum atomic E-state index is 2.92. The Bertz CT molecular complexity index is 2200. The number of hydrogen-bond acceptors (Lipinski definition) is 0. The third kappa shape index (κ3) is 8.04. The van der Waals surface area contributed by atoms with Gasteiger partial charge in [-0.1, -0.05) is 143 Å². The van der Waals surface area contributed by atoms with Gasteiger partial charge in [0.05, 0.1) is 0 Å². The van der Waals surface area contributed by atoms with E-state index in [1.165, 1.54) is 28.4 Å². The lowest BCUT2D eigenvalue weighted by Gasteiger charge is -2.67. The first-order chi connectivity index (χ1) is 30.2. The van der Waals surface area contributed by atoms with Crippen molar-refractivity contribution in [2.75, 3.05) is 0 Å². The summed E-state index contributed by atoms with van der Waals surface area (Å²) in [7, 11) is -0.786. The molecule has 2 atom stereocenters. The zero-order chi connectivity index (χ0) is 42.0. The van der Waals surface area contributed by atoms with Crippen LogP contribution in [0.25, 0.3) is 0 Å². The predicted molar refractivity (Wildman–Crippen MR) is 268 cm³/mol. The summed E-state index contributed by atoms with van der Waals surface area (Å²) in [5.41, 5.74) is 12.6. The molecule has 0 aromatic heterocycles. The molecule has 8 bridgehead atoms. The molecule has 0 saturated heterocycles. The molecule has 8 fully saturated rings. The number of hydrogen-bond donors (Lipinski definition) is 0. The number of rotatable bonds is 14. The fraction of sp³-hybridized carbons (Fsp3) is 0.500. The quantitative estimate of drug-likeness (QED) is 0.0977. The van der Waals surface area contributed by atoms with Crippen molar-refractivity contribution in [3.63, 3.8) is 0 Å². The van der Waals surface area contributed by atoms with Gasteiger partial charge in [0, 0.05) is 6.16 Å². The molecule has 0 aliphatic heterocycles. The van der Waals surface area contributed by atoms with Gasteiger partial charge in [0.2, 0.25) is 0 Å². The molecular weight excluding hydrogens is 783 g/mol. The Balaban J connectivity index is 1.09. The van der Waals surface area contributed by atoms with Crippen LogP contribution in [-0.4, -0.2) is 10.3 Å². The van der Waals surface area contributed by atoms with Crippen LogP contribution in [0.4, 0.5) is 0 Å². The summed E-state index contributed by atoms with van der Waals surface area (Å²) in [6, 6.07) is 47.5. The Hall–Kier alpha value is -3.04. The van der Waals surface area contributed by atoms with E-state index in [0.29, 0.717) is 22.1 Å². The van der Waals surface area contributed by atoms with Crippen LogP contribution < -0.4 is 10.6 Å². The van der Waals surface area contributed by atoms with Gasteiger partial charge in [0.1, 0.15) is 0 Å². The highest BCUT2D eigenvalue weighted by molar-refractivity contribution is 7.72. The lowest BCUT2D eigenvalue weighted by atomic mass is 9.55. The topological polar surface area (TPSA) is 0 Å². The molecule has 2 heteroatoms. The second-order valence-electron chi connectivity index (χ2n) is 22.5. The molecule has 0 nitrogen and oxygen atoms in total. The van der Waals surface area contributed by atoms with Gasteiger partial charge >= 0.3 is 0 Å². The Labute approximate surface area is 378 Å². The molecule has 0 N–H and O–H groups in total. The minimum Gasteiger partial charge on any atom is -0.0894 e. The van der Waals surface area contributed by atoms with Crippen LogP contribution in [-0.2, 0) is 25.2 Å². The van der Waals surface area contributed by atoms with Crippen molar-refractivity contribution < 1.29 is 0 Å². The van der Waals surface area contributed by atoms with Gasteiger partial charge < -0.3 is 0 Å². The van der Waals surface area contributed by atoms with E-state index in [-0.39, 0.29) is 7.92 Å². The van der Waals surface area contributed by atoms with Crippen LogP contribution in [0.5, 0.6) is 0 Å². The molecule has 5 aromatic rings. The first-order valence-corrected chi connectivity index (χ1v) is 28.1. The smallest absolute Gasteiger partial charge is 0.00106 e. The molecule has 8 aliphatic rings. The van der Waals surface area contributed by atoms with E-state index in [2.05, 4.69) is 149 Å². The zero-order valence-corrected chi connectivity index (χ0v) is 40.2. The van der Waals surface area contributed by atoms with Gasteiger partial charge in [0.25, 0.3) is 0 Å². The van der Waals surface area contributed by atoms with E-state index in [0.717, 1.165) is 54.5 Å². The van der Waals surface area contributed by atoms with E-state index in [4.69, 9.17) is 0 Å². The largest absolute Gasteiger partial charge is 0.0894 e. The van der Waals surface area contributed by atoms with Gasteiger partial charge in [-0.15, -0.1) is 0 Å². The van der Waals surface area contributed by atoms with Gasteiger partial charge in [0.15, 0.2) is 0 Å². The molecule has 0 spiro atoms. The monoisotopic (exact) mass is 855 g/mol. The number of aryl methyl sites for hydroxylation is 2. The summed E-state index contributed by atoms with van der Waals surface area (Å²) in [5.74, 6) is 6.96. The van der Waals surface area contributed by atoms with Crippen molar-refractivity contribution >= 4 is 26.5 Å². The molecule has 62 heavy (non-hydrogen) atoms. The SMILES string of the molecule is Cc1ccccc1P(Cc1cc(C(C)Cc2ccccc2)c(C(C)Cc2ccccc2)cc1CP(C12CC3CC(CC(C3)C1)C2)C12CC3CC(CC(C3)C1)C2)c1ccccc1C. The van der Waals surface area contributed by atoms with Crippen LogP contribution in [0.1, 0.15) is 147 Å².